The predicted octanol–water partition coefficient (Wildman–Crippen LogP) is 7.32. The van der Waals surface area contributed by atoms with Gasteiger partial charge in [-0.05, 0) is 48.2 Å². The number of benzene rings is 4. The fraction of sp³-hybridized carbons (Fsp3) is 0.129. The Bertz CT molecular complexity index is 1640. The van der Waals surface area contributed by atoms with Gasteiger partial charge in [-0.2, -0.15) is 0 Å². The van der Waals surface area contributed by atoms with Gasteiger partial charge in [0.1, 0.15) is 22.8 Å². The standard InChI is InChI=1S/C31H27NO5/c1-19(14-31(33)32-27-11-7-9-20-8-5-6-10-22(20)27)23-16-25-26(18-37-30(25)17-29(23)36-4)24-15-21(34-2)12-13-28(24)35-3/h5-18H,1-4H3,(H,32,33)/b19-14+. The molecule has 0 fully saturated rings. The zero-order valence-corrected chi connectivity index (χ0v) is 21.1. The number of rotatable bonds is 7. The summed E-state index contributed by atoms with van der Waals surface area (Å²) in [5.74, 6) is 1.79. The van der Waals surface area contributed by atoms with Gasteiger partial charge in [0.2, 0.25) is 5.91 Å². The van der Waals surface area contributed by atoms with Gasteiger partial charge in [-0.1, -0.05) is 36.4 Å². The monoisotopic (exact) mass is 493 g/mol. The smallest absolute Gasteiger partial charge is 0.248 e. The van der Waals surface area contributed by atoms with E-state index in [0.717, 1.165) is 44.1 Å². The number of carbonyl (C=O) groups excluding carboxylic acids is 1. The highest BCUT2D eigenvalue weighted by atomic mass is 16.5. The van der Waals surface area contributed by atoms with Crippen LogP contribution in [-0.4, -0.2) is 27.2 Å². The molecule has 186 valence electrons. The van der Waals surface area contributed by atoms with Gasteiger partial charge in [-0.25, -0.2) is 0 Å². The van der Waals surface area contributed by atoms with E-state index < -0.39 is 0 Å². The summed E-state index contributed by atoms with van der Waals surface area (Å²) in [7, 11) is 4.85. The van der Waals surface area contributed by atoms with Crippen LogP contribution < -0.4 is 19.5 Å². The molecule has 0 radical (unpaired) electrons. The molecule has 0 spiro atoms. The summed E-state index contributed by atoms with van der Waals surface area (Å²) >= 11 is 0. The van der Waals surface area contributed by atoms with Gasteiger partial charge < -0.3 is 23.9 Å². The summed E-state index contributed by atoms with van der Waals surface area (Å²) in [6.07, 6.45) is 3.27. The number of hydrogen-bond acceptors (Lipinski definition) is 5. The molecule has 0 aliphatic carbocycles. The molecular formula is C31H27NO5. The Morgan fingerprint density at radius 1 is 0.811 bits per heavy atom. The van der Waals surface area contributed by atoms with Crippen molar-refractivity contribution in [2.24, 2.45) is 0 Å². The molecule has 6 heteroatoms. The van der Waals surface area contributed by atoms with Crippen molar-refractivity contribution >= 4 is 38.9 Å². The van der Waals surface area contributed by atoms with Gasteiger partial charge in [0.05, 0.1) is 27.6 Å². The average molecular weight is 494 g/mol. The molecule has 0 atom stereocenters. The average Bonchev–Trinajstić information content (AvgIpc) is 3.34. The molecule has 6 nitrogen and oxygen atoms in total. The number of anilines is 1. The van der Waals surface area contributed by atoms with Gasteiger partial charge in [0.25, 0.3) is 0 Å². The molecular weight excluding hydrogens is 466 g/mol. The summed E-state index contributed by atoms with van der Waals surface area (Å²) in [4.78, 5) is 13.0. The number of furan rings is 1. The Balaban J connectivity index is 1.54. The van der Waals surface area contributed by atoms with E-state index in [0.29, 0.717) is 22.8 Å². The summed E-state index contributed by atoms with van der Waals surface area (Å²) in [6.45, 7) is 1.89. The number of methoxy groups -OCH3 is 3. The number of nitrogens with one attached hydrogen (secondary N) is 1. The van der Waals surface area contributed by atoms with Crippen LogP contribution in [0.3, 0.4) is 0 Å². The first-order chi connectivity index (χ1) is 18.0. The van der Waals surface area contributed by atoms with Crippen LogP contribution in [0, 0.1) is 0 Å². The van der Waals surface area contributed by atoms with Gasteiger partial charge in [0, 0.05) is 45.3 Å². The maximum atomic E-state index is 13.0. The van der Waals surface area contributed by atoms with Crippen LogP contribution in [0.5, 0.6) is 17.2 Å². The lowest BCUT2D eigenvalue weighted by Crippen LogP contribution is -2.09. The van der Waals surface area contributed by atoms with E-state index in [1.807, 2.05) is 79.7 Å². The van der Waals surface area contributed by atoms with Crippen LogP contribution >= 0.6 is 0 Å². The molecule has 0 aliphatic rings. The summed E-state index contributed by atoms with van der Waals surface area (Å²) in [5.41, 5.74) is 4.65. The highest BCUT2D eigenvalue weighted by Gasteiger charge is 2.18. The van der Waals surface area contributed by atoms with Crippen molar-refractivity contribution in [3.8, 4) is 28.4 Å². The van der Waals surface area contributed by atoms with Crippen molar-refractivity contribution in [1.29, 1.82) is 0 Å². The molecule has 0 bridgehead atoms. The minimum Gasteiger partial charge on any atom is -0.497 e. The third-order valence-corrected chi connectivity index (χ3v) is 6.41. The Morgan fingerprint density at radius 2 is 1.59 bits per heavy atom. The third-order valence-electron chi connectivity index (χ3n) is 6.41. The van der Waals surface area contributed by atoms with Crippen LogP contribution in [0.4, 0.5) is 5.69 Å². The van der Waals surface area contributed by atoms with Crippen molar-refractivity contribution in [3.05, 3.63) is 90.7 Å². The normalized spacial score (nSPS) is 11.5. The van der Waals surface area contributed by atoms with Gasteiger partial charge in [-0.15, -0.1) is 0 Å². The molecule has 5 aromatic rings. The fourth-order valence-corrected chi connectivity index (χ4v) is 4.54. The van der Waals surface area contributed by atoms with Crippen LogP contribution in [0.25, 0.3) is 38.4 Å². The summed E-state index contributed by atoms with van der Waals surface area (Å²) < 4.78 is 22.5. The van der Waals surface area contributed by atoms with Crippen molar-refractivity contribution in [1.82, 2.24) is 0 Å². The quantitative estimate of drug-likeness (QED) is 0.241. The Labute approximate surface area is 215 Å². The second-order valence-electron chi connectivity index (χ2n) is 8.61. The first-order valence-electron chi connectivity index (χ1n) is 11.8. The maximum Gasteiger partial charge on any atom is 0.248 e. The van der Waals surface area contributed by atoms with E-state index in [9.17, 15) is 4.79 Å². The van der Waals surface area contributed by atoms with Crippen molar-refractivity contribution in [2.75, 3.05) is 26.6 Å². The third kappa shape index (κ3) is 4.61. The van der Waals surface area contributed by atoms with Crippen molar-refractivity contribution in [3.63, 3.8) is 0 Å². The van der Waals surface area contributed by atoms with E-state index in [-0.39, 0.29) is 5.91 Å². The van der Waals surface area contributed by atoms with E-state index in [2.05, 4.69) is 5.32 Å². The molecule has 1 heterocycles. The first-order valence-corrected chi connectivity index (χ1v) is 11.8. The zero-order chi connectivity index (χ0) is 25.9. The van der Waals surface area contributed by atoms with Crippen LogP contribution in [0.1, 0.15) is 12.5 Å². The van der Waals surface area contributed by atoms with E-state index in [4.69, 9.17) is 18.6 Å². The van der Waals surface area contributed by atoms with Crippen LogP contribution in [-0.2, 0) is 4.79 Å². The number of fused-ring (bicyclic) bond motifs is 2. The number of hydrogen-bond donors (Lipinski definition) is 1. The summed E-state index contributed by atoms with van der Waals surface area (Å²) in [6, 6.07) is 23.2. The number of ether oxygens (including phenoxy) is 3. The molecule has 4 aromatic carbocycles. The fourth-order valence-electron chi connectivity index (χ4n) is 4.54. The SMILES string of the molecule is COc1ccc(OC)c(-c2coc3cc(OC)c(/C(C)=C/C(=O)Nc4cccc5ccccc45)cc23)c1. The van der Waals surface area contributed by atoms with E-state index in [1.54, 1.807) is 33.7 Å². The highest BCUT2D eigenvalue weighted by Crippen LogP contribution is 2.41. The van der Waals surface area contributed by atoms with Gasteiger partial charge >= 0.3 is 0 Å². The molecule has 0 unspecified atom stereocenters. The zero-order valence-electron chi connectivity index (χ0n) is 21.1. The second kappa shape index (κ2) is 10.1. The van der Waals surface area contributed by atoms with E-state index in [1.165, 1.54) is 0 Å². The largest absolute Gasteiger partial charge is 0.497 e. The van der Waals surface area contributed by atoms with Crippen molar-refractivity contribution in [2.45, 2.75) is 6.92 Å². The number of allylic oxidation sites excluding steroid dienone is 1. The molecule has 0 saturated heterocycles. The lowest BCUT2D eigenvalue weighted by Gasteiger charge is -2.12. The Kier molecular flexibility index (Phi) is 6.56. The first kappa shape index (κ1) is 24.0. The van der Waals surface area contributed by atoms with Crippen LogP contribution in [0.2, 0.25) is 0 Å². The van der Waals surface area contributed by atoms with Gasteiger partial charge in [-0.3, -0.25) is 4.79 Å². The minimum absolute atomic E-state index is 0.224. The molecule has 1 aromatic heterocycles. The molecule has 5 rings (SSSR count). The molecule has 37 heavy (non-hydrogen) atoms. The molecule has 1 N–H and O–H groups in total. The Morgan fingerprint density at radius 3 is 2.38 bits per heavy atom. The highest BCUT2D eigenvalue weighted by molar-refractivity contribution is 6.09. The topological polar surface area (TPSA) is 69.9 Å². The summed E-state index contributed by atoms with van der Waals surface area (Å²) in [5, 5.41) is 5.93. The van der Waals surface area contributed by atoms with E-state index >= 15 is 0 Å². The minimum atomic E-state index is -0.224. The molecule has 0 aliphatic heterocycles. The molecule has 1 amide bonds. The maximum absolute atomic E-state index is 13.0. The number of amides is 1. The predicted molar refractivity (Wildman–Crippen MR) is 148 cm³/mol. The lowest BCUT2D eigenvalue weighted by molar-refractivity contribution is -0.111. The van der Waals surface area contributed by atoms with Gasteiger partial charge in [0.15, 0.2) is 0 Å². The van der Waals surface area contributed by atoms with Crippen molar-refractivity contribution < 1.29 is 23.4 Å². The second-order valence-corrected chi connectivity index (χ2v) is 8.61. The molecule has 0 saturated carbocycles. The lowest BCUT2D eigenvalue weighted by atomic mass is 9.98. The van der Waals surface area contributed by atoms with Crippen LogP contribution in [0.15, 0.2) is 89.6 Å². The Hall–Kier alpha value is -4.71. The number of carbonyl (C=O) groups is 1.